The monoisotopic (exact) mass is 364 g/mol. The summed E-state index contributed by atoms with van der Waals surface area (Å²) in [6.07, 6.45) is 0.829. The summed E-state index contributed by atoms with van der Waals surface area (Å²) in [5.41, 5.74) is 1.24. The summed E-state index contributed by atoms with van der Waals surface area (Å²) < 4.78 is 0. The number of hydrogen-bond acceptors (Lipinski definition) is 4. The molecule has 0 aliphatic carbocycles. The van der Waals surface area contributed by atoms with E-state index in [1.807, 2.05) is 53.9 Å². The van der Waals surface area contributed by atoms with E-state index in [0.717, 1.165) is 16.2 Å². The molecule has 5 heteroatoms. The van der Waals surface area contributed by atoms with Crippen molar-refractivity contribution in [2.75, 3.05) is 6.54 Å². The van der Waals surface area contributed by atoms with E-state index in [0.29, 0.717) is 17.7 Å². The van der Waals surface area contributed by atoms with Crippen LogP contribution in [0.15, 0.2) is 75.8 Å². The number of hydrogen-bond donors (Lipinski definition) is 1. The molecule has 3 nitrogen and oxygen atoms in total. The molecule has 0 aliphatic rings. The smallest absolute Gasteiger partial charge is 0.252 e. The third kappa shape index (κ3) is 4.50. The normalized spacial score (nSPS) is 10.2. The summed E-state index contributed by atoms with van der Waals surface area (Å²) in [4.78, 5) is 15.5. The highest BCUT2D eigenvalue weighted by Crippen LogP contribution is 2.32. The zero-order valence-corrected chi connectivity index (χ0v) is 15.1. The molecule has 1 aromatic heterocycles. The van der Waals surface area contributed by atoms with Gasteiger partial charge in [-0.05, 0) is 42.1 Å². The fraction of sp³-hybridized carbons (Fsp3) is 0.100. The van der Waals surface area contributed by atoms with E-state index < -0.39 is 0 Å². The second-order valence-electron chi connectivity index (χ2n) is 5.29. The molecule has 0 fully saturated rings. The Hall–Kier alpha value is -2.55. The van der Waals surface area contributed by atoms with Gasteiger partial charge in [0.2, 0.25) is 0 Å². The third-order valence-corrected chi connectivity index (χ3v) is 5.68. The number of nitrogens with zero attached hydrogens (tertiary/aromatic N) is 1. The van der Waals surface area contributed by atoms with Crippen LogP contribution in [0.25, 0.3) is 0 Å². The van der Waals surface area contributed by atoms with Crippen LogP contribution in [0.4, 0.5) is 0 Å². The number of amides is 1. The number of carbonyl (C=O) groups excluding carboxylic acids is 1. The summed E-state index contributed by atoms with van der Waals surface area (Å²) in [6.45, 7) is 0.604. The summed E-state index contributed by atoms with van der Waals surface area (Å²) in [5, 5.41) is 14.3. The van der Waals surface area contributed by atoms with Crippen molar-refractivity contribution in [2.45, 2.75) is 16.2 Å². The first kappa shape index (κ1) is 17.3. The van der Waals surface area contributed by atoms with Gasteiger partial charge in [-0.1, -0.05) is 42.1 Å². The van der Waals surface area contributed by atoms with E-state index in [9.17, 15) is 10.1 Å². The van der Waals surface area contributed by atoms with Crippen LogP contribution >= 0.6 is 23.1 Å². The average Bonchev–Trinajstić information content (AvgIpc) is 3.16. The molecule has 124 valence electrons. The van der Waals surface area contributed by atoms with Gasteiger partial charge in [0, 0.05) is 21.2 Å². The number of benzene rings is 2. The molecule has 3 rings (SSSR count). The number of thiophene rings is 1. The second-order valence-corrected chi connectivity index (χ2v) is 7.41. The maximum atomic E-state index is 12.6. The summed E-state index contributed by atoms with van der Waals surface area (Å²) in [5.74, 6) is -0.0888. The molecular weight excluding hydrogens is 348 g/mol. The van der Waals surface area contributed by atoms with Crippen LogP contribution in [0.1, 0.15) is 20.8 Å². The topological polar surface area (TPSA) is 52.9 Å². The Balaban J connectivity index is 1.72. The van der Waals surface area contributed by atoms with E-state index in [1.165, 1.54) is 16.6 Å². The Morgan fingerprint density at radius 1 is 1.04 bits per heavy atom. The molecule has 2 aromatic carbocycles. The van der Waals surface area contributed by atoms with Gasteiger partial charge in [0.15, 0.2) is 0 Å². The molecule has 1 amide bonds. The quantitative estimate of drug-likeness (QED) is 0.687. The zero-order valence-electron chi connectivity index (χ0n) is 13.4. The van der Waals surface area contributed by atoms with Gasteiger partial charge in [0.1, 0.15) is 6.07 Å². The molecule has 1 N–H and O–H groups in total. The van der Waals surface area contributed by atoms with Crippen molar-refractivity contribution in [3.63, 3.8) is 0 Å². The fourth-order valence-electron chi connectivity index (χ4n) is 2.36. The Kier molecular flexibility index (Phi) is 5.89. The highest BCUT2D eigenvalue weighted by atomic mass is 32.2. The first-order chi connectivity index (χ1) is 12.3. The van der Waals surface area contributed by atoms with Gasteiger partial charge in [0.25, 0.3) is 5.91 Å². The molecule has 0 radical (unpaired) electrons. The first-order valence-electron chi connectivity index (χ1n) is 7.84. The Bertz CT molecular complexity index is 898. The van der Waals surface area contributed by atoms with Crippen LogP contribution < -0.4 is 5.32 Å². The summed E-state index contributed by atoms with van der Waals surface area (Å²) >= 11 is 3.14. The van der Waals surface area contributed by atoms with Gasteiger partial charge >= 0.3 is 0 Å². The molecule has 0 bridgehead atoms. The lowest BCUT2D eigenvalue weighted by atomic mass is 10.2. The summed E-state index contributed by atoms with van der Waals surface area (Å²) in [7, 11) is 0. The van der Waals surface area contributed by atoms with Crippen molar-refractivity contribution in [3.05, 3.63) is 82.0 Å². The average molecular weight is 364 g/mol. The van der Waals surface area contributed by atoms with Crippen molar-refractivity contribution < 1.29 is 4.79 Å². The van der Waals surface area contributed by atoms with Crippen molar-refractivity contribution in [1.29, 1.82) is 5.26 Å². The minimum Gasteiger partial charge on any atom is -0.352 e. The standard InChI is InChI=1S/C20H16N2OS2/c21-14-15-6-1-3-9-18(15)25-19-10-4-2-8-17(19)20(23)22-12-11-16-7-5-13-24-16/h1-10,13H,11-12H2,(H,22,23). The fourth-order valence-corrected chi connectivity index (χ4v) is 4.09. The van der Waals surface area contributed by atoms with E-state index in [4.69, 9.17) is 0 Å². The third-order valence-electron chi connectivity index (χ3n) is 3.60. The first-order valence-corrected chi connectivity index (χ1v) is 9.54. The minimum absolute atomic E-state index is 0.0888. The highest BCUT2D eigenvalue weighted by Gasteiger charge is 2.13. The van der Waals surface area contributed by atoms with Crippen LogP contribution in [0.5, 0.6) is 0 Å². The maximum Gasteiger partial charge on any atom is 0.252 e. The molecule has 0 unspecified atom stereocenters. The Labute approximate surface area is 155 Å². The number of nitrogens with one attached hydrogen (secondary N) is 1. The van der Waals surface area contributed by atoms with Gasteiger partial charge in [-0.25, -0.2) is 0 Å². The van der Waals surface area contributed by atoms with Crippen LogP contribution in [-0.4, -0.2) is 12.5 Å². The molecule has 0 spiro atoms. The molecule has 3 aromatic rings. The van der Waals surface area contributed by atoms with Gasteiger partial charge in [-0.15, -0.1) is 11.3 Å². The number of rotatable bonds is 6. The molecule has 0 saturated carbocycles. The van der Waals surface area contributed by atoms with Gasteiger partial charge in [0.05, 0.1) is 11.1 Å². The van der Waals surface area contributed by atoms with Crippen LogP contribution in [0.3, 0.4) is 0 Å². The predicted molar refractivity (Wildman–Crippen MR) is 102 cm³/mol. The zero-order chi connectivity index (χ0) is 17.5. The SMILES string of the molecule is N#Cc1ccccc1Sc1ccccc1C(=O)NCCc1cccs1. The van der Waals surface area contributed by atoms with Crippen molar-refractivity contribution in [2.24, 2.45) is 0 Å². The van der Waals surface area contributed by atoms with E-state index in [2.05, 4.69) is 17.5 Å². The summed E-state index contributed by atoms with van der Waals surface area (Å²) in [6, 6.07) is 21.2. The molecule has 0 aliphatic heterocycles. The van der Waals surface area contributed by atoms with E-state index in [-0.39, 0.29) is 5.91 Å². The van der Waals surface area contributed by atoms with Crippen molar-refractivity contribution >= 4 is 29.0 Å². The number of nitriles is 1. The molecular formula is C20H16N2OS2. The van der Waals surface area contributed by atoms with Crippen LogP contribution in [0, 0.1) is 11.3 Å². The maximum absolute atomic E-state index is 12.6. The van der Waals surface area contributed by atoms with Gasteiger partial charge in [-0.2, -0.15) is 5.26 Å². The van der Waals surface area contributed by atoms with Crippen LogP contribution in [-0.2, 0) is 6.42 Å². The Morgan fingerprint density at radius 2 is 1.80 bits per heavy atom. The Morgan fingerprint density at radius 3 is 2.56 bits per heavy atom. The molecule has 1 heterocycles. The highest BCUT2D eigenvalue weighted by molar-refractivity contribution is 7.99. The second kappa shape index (κ2) is 8.52. The van der Waals surface area contributed by atoms with Crippen molar-refractivity contribution in [1.82, 2.24) is 5.32 Å². The molecule has 0 atom stereocenters. The van der Waals surface area contributed by atoms with E-state index in [1.54, 1.807) is 17.4 Å². The van der Waals surface area contributed by atoms with Crippen LogP contribution in [0.2, 0.25) is 0 Å². The van der Waals surface area contributed by atoms with Crippen molar-refractivity contribution in [3.8, 4) is 6.07 Å². The lowest BCUT2D eigenvalue weighted by Crippen LogP contribution is -2.26. The lowest BCUT2D eigenvalue weighted by molar-refractivity contribution is 0.0951. The molecule has 25 heavy (non-hydrogen) atoms. The largest absolute Gasteiger partial charge is 0.352 e. The van der Waals surface area contributed by atoms with E-state index >= 15 is 0 Å². The lowest BCUT2D eigenvalue weighted by Gasteiger charge is -2.10. The minimum atomic E-state index is -0.0888. The molecule has 0 saturated heterocycles. The predicted octanol–water partition coefficient (Wildman–Crippen LogP) is 4.74. The van der Waals surface area contributed by atoms with Gasteiger partial charge < -0.3 is 5.32 Å². The van der Waals surface area contributed by atoms with Gasteiger partial charge in [-0.3, -0.25) is 4.79 Å². The number of carbonyl (C=O) groups is 1.